The van der Waals surface area contributed by atoms with Gasteiger partial charge in [-0.15, -0.1) is 0 Å². The molecule has 1 aliphatic rings. The fourth-order valence-electron chi connectivity index (χ4n) is 1.89. The molecule has 0 bridgehead atoms. The molecule has 1 aliphatic carbocycles. The maximum atomic E-state index is 11.3. The van der Waals surface area contributed by atoms with Gasteiger partial charge in [-0.25, -0.2) is 0 Å². The molecule has 0 spiro atoms. The maximum Gasteiger partial charge on any atom is 0.308 e. The first-order chi connectivity index (χ1) is 7.00. The zero-order valence-corrected chi connectivity index (χ0v) is 9.79. The molecule has 1 rings (SSSR count). The Balaban J connectivity index is 2.32. The summed E-state index contributed by atoms with van der Waals surface area (Å²) in [5, 5.41) is 0. The minimum Gasteiger partial charge on any atom is -0.462 e. The Morgan fingerprint density at radius 3 is 2.07 bits per heavy atom. The number of carbonyl (C=O) groups excluding carboxylic acids is 2. The summed E-state index contributed by atoms with van der Waals surface area (Å²) in [6, 6.07) is 0. The summed E-state index contributed by atoms with van der Waals surface area (Å²) in [4.78, 5) is 22.5. The van der Waals surface area contributed by atoms with Crippen LogP contribution in [0.3, 0.4) is 0 Å². The topological polar surface area (TPSA) is 43.4 Å². The van der Waals surface area contributed by atoms with Crippen molar-refractivity contribution < 1.29 is 14.3 Å². The lowest BCUT2D eigenvalue weighted by atomic mass is 9.85. The molecule has 0 aromatic rings. The predicted octanol–water partition coefficient (Wildman–Crippen LogP) is 2.33. The molecule has 0 amide bonds. The zero-order valence-electron chi connectivity index (χ0n) is 9.79. The van der Waals surface area contributed by atoms with Crippen LogP contribution in [0.4, 0.5) is 0 Å². The number of Topliss-reactive ketones (excluding diaryl/α,β-unsaturated/α-hetero) is 1. The molecule has 0 aromatic heterocycles. The number of ketones is 1. The molecule has 0 N–H and O–H groups in total. The Labute approximate surface area is 91.2 Å². The molecule has 0 saturated heterocycles. The van der Waals surface area contributed by atoms with E-state index in [1.807, 2.05) is 13.8 Å². The van der Waals surface area contributed by atoms with E-state index in [-0.39, 0.29) is 29.7 Å². The first-order valence-corrected chi connectivity index (χ1v) is 5.71. The van der Waals surface area contributed by atoms with Gasteiger partial charge in [0.05, 0.1) is 5.92 Å². The van der Waals surface area contributed by atoms with Gasteiger partial charge >= 0.3 is 5.97 Å². The van der Waals surface area contributed by atoms with Gasteiger partial charge < -0.3 is 4.74 Å². The third kappa shape index (κ3) is 3.65. The summed E-state index contributed by atoms with van der Waals surface area (Å²) < 4.78 is 5.33. The van der Waals surface area contributed by atoms with Gasteiger partial charge in [-0.05, 0) is 32.6 Å². The van der Waals surface area contributed by atoms with Crippen LogP contribution in [0, 0.1) is 11.8 Å². The van der Waals surface area contributed by atoms with Crippen LogP contribution in [0.1, 0.15) is 46.5 Å². The van der Waals surface area contributed by atoms with E-state index in [0.29, 0.717) is 0 Å². The molecule has 0 heterocycles. The largest absolute Gasteiger partial charge is 0.462 e. The van der Waals surface area contributed by atoms with E-state index in [9.17, 15) is 9.59 Å². The van der Waals surface area contributed by atoms with Crippen molar-refractivity contribution in [3.63, 3.8) is 0 Å². The quantitative estimate of drug-likeness (QED) is 0.674. The van der Waals surface area contributed by atoms with Crippen LogP contribution in [-0.2, 0) is 14.3 Å². The Kier molecular flexibility index (Phi) is 4.30. The molecule has 15 heavy (non-hydrogen) atoms. The Morgan fingerprint density at radius 1 is 1.13 bits per heavy atom. The van der Waals surface area contributed by atoms with Crippen molar-refractivity contribution in [2.75, 3.05) is 0 Å². The van der Waals surface area contributed by atoms with E-state index in [0.717, 1.165) is 25.7 Å². The number of hydrogen-bond donors (Lipinski definition) is 0. The minimum absolute atomic E-state index is 0.0375. The highest BCUT2D eigenvalue weighted by molar-refractivity contribution is 5.78. The SMILES string of the molecule is CC(=O)C1CCC(OC(=O)C(C)C)CC1. The third-order valence-corrected chi connectivity index (χ3v) is 3.00. The summed E-state index contributed by atoms with van der Waals surface area (Å²) in [6.45, 7) is 5.32. The standard InChI is InChI=1S/C12H20O3/c1-8(2)12(14)15-11-6-4-10(5-7-11)9(3)13/h8,10-11H,4-7H2,1-3H3. The van der Waals surface area contributed by atoms with Crippen LogP contribution in [-0.4, -0.2) is 17.9 Å². The van der Waals surface area contributed by atoms with Crippen molar-refractivity contribution in [2.45, 2.75) is 52.6 Å². The molecular formula is C12H20O3. The molecule has 0 aliphatic heterocycles. The highest BCUT2D eigenvalue weighted by Crippen LogP contribution is 2.27. The van der Waals surface area contributed by atoms with E-state index >= 15 is 0 Å². The second-order valence-electron chi connectivity index (χ2n) is 4.68. The van der Waals surface area contributed by atoms with E-state index in [4.69, 9.17) is 4.74 Å². The molecule has 0 unspecified atom stereocenters. The lowest BCUT2D eigenvalue weighted by Gasteiger charge is -2.27. The van der Waals surface area contributed by atoms with Crippen molar-refractivity contribution in [2.24, 2.45) is 11.8 Å². The normalized spacial score (nSPS) is 26.4. The van der Waals surface area contributed by atoms with Crippen LogP contribution in [0.15, 0.2) is 0 Å². The predicted molar refractivity (Wildman–Crippen MR) is 57.4 cm³/mol. The van der Waals surface area contributed by atoms with Crippen LogP contribution < -0.4 is 0 Å². The average Bonchev–Trinajstić information content (AvgIpc) is 2.18. The van der Waals surface area contributed by atoms with Crippen LogP contribution >= 0.6 is 0 Å². The number of rotatable bonds is 3. The molecule has 3 nitrogen and oxygen atoms in total. The number of hydrogen-bond acceptors (Lipinski definition) is 3. The van der Waals surface area contributed by atoms with Gasteiger partial charge in [0, 0.05) is 5.92 Å². The summed E-state index contributed by atoms with van der Waals surface area (Å²) in [5.41, 5.74) is 0. The van der Waals surface area contributed by atoms with Crippen molar-refractivity contribution in [3.8, 4) is 0 Å². The molecule has 1 saturated carbocycles. The third-order valence-electron chi connectivity index (χ3n) is 3.00. The van der Waals surface area contributed by atoms with Crippen molar-refractivity contribution in [3.05, 3.63) is 0 Å². The second kappa shape index (κ2) is 5.29. The van der Waals surface area contributed by atoms with E-state index < -0.39 is 0 Å². The Hall–Kier alpha value is -0.860. The molecule has 86 valence electrons. The van der Waals surface area contributed by atoms with Gasteiger partial charge in [-0.2, -0.15) is 0 Å². The molecule has 1 fully saturated rings. The zero-order chi connectivity index (χ0) is 11.4. The van der Waals surface area contributed by atoms with E-state index in [1.54, 1.807) is 6.92 Å². The van der Waals surface area contributed by atoms with Crippen LogP contribution in [0.5, 0.6) is 0 Å². The molecule has 0 radical (unpaired) electrons. The smallest absolute Gasteiger partial charge is 0.308 e. The van der Waals surface area contributed by atoms with E-state index in [1.165, 1.54) is 0 Å². The molecule has 3 heteroatoms. The van der Waals surface area contributed by atoms with Gasteiger partial charge in [0.15, 0.2) is 0 Å². The highest BCUT2D eigenvalue weighted by Gasteiger charge is 2.26. The lowest BCUT2D eigenvalue weighted by molar-refractivity contribution is -0.154. The Morgan fingerprint density at radius 2 is 1.67 bits per heavy atom. The lowest BCUT2D eigenvalue weighted by Crippen LogP contribution is -2.28. The molecule has 0 aromatic carbocycles. The van der Waals surface area contributed by atoms with Crippen molar-refractivity contribution in [1.82, 2.24) is 0 Å². The van der Waals surface area contributed by atoms with E-state index in [2.05, 4.69) is 0 Å². The van der Waals surface area contributed by atoms with Gasteiger partial charge in [0.25, 0.3) is 0 Å². The number of carbonyl (C=O) groups is 2. The Bertz CT molecular complexity index is 237. The van der Waals surface area contributed by atoms with Crippen LogP contribution in [0.25, 0.3) is 0 Å². The monoisotopic (exact) mass is 212 g/mol. The first-order valence-electron chi connectivity index (χ1n) is 5.71. The van der Waals surface area contributed by atoms with Crippen LogP contribution in [0.2, 0.25) is 0 Å². The highest BCUT2D eigenvalue weighted by atomic mass is 16.5. The molecule has 0 atom stereocenters. The van der Waals surface area contributed by atoms with Gasteiger partial charge in [-0.3, -0.25) is 9.59 Å². The van der Waals surface area contributed by atoms with Gasteiger partial charge in [0.2, 0.25) is 0 Å². The summed E-state index contributed by atoms with van der Waals surface area (Å²) in [6.07, 6.45) is 3.44. The minimum atomic E-state index is -0.124. The second-order valence-corrected chi connectivity index (χ2v) is 4.68. The molecular weight excluding hydrogens is 192 g/mol. The fraction of sp³-hybridized carbons (Fsp3) is 0.833. The maximum absolute atomic E-state index is 11.3. The fourth-order valence-corrected chi connectivity index (χ4v) is 1.89. The van der Waals surface area contributed by atoms with Gasteiger partial charge in [0.1, 0.15) is 11.9 Å². The van der Waals surface area contributed by atoms with Crippen molar-refractivity contribution in [1.29, 1.82) is 0 Å². The summed E-state index contributed by atoms with van der Waals surface area (Å²) in [7, 11) is 0. The van der Waals surface area contributed by atoms with Gasteiger partial charge in [-0.1, -0.05) is 13.8 Å². The summed E-state index contributed by atoms with van der Waals surface area (Å²) in [5.74, 6) is 0.277. The number of esters is 1. The average molecular weight is 212 g/mol. The number of ether oxygens (including phenoxy) is 1. The first kappa shape index (κ1) is 12.2. The summed E-state index contributed by atoms with van der Waals surface area (Å²) >= 11 is 0. The van der Waals surface area contributed by atoms with Crippen molar-refractivity contribution >= 4 is 11.8 Å².